The van der Waals surface area contributed by atoms with Gasteiger partial charge in [0.1, 0.15) is 0 Å². The normalized spacial score (nSPS) is 20.9. The average Bonchev–Trinajstić information content (AvgIpc) is 2.64. The minimum absolute atomic E-state index is 0.514. The lowest BCUT2D eigenvalue weighted by Crippen LogP contribution is -2.31. The van der Waals surface area contributed by atoms with E-state index >= 15 is 0 Å². The van der Waals surface area contributed by atoms with Gasteiger partial charge in [0.2, 0.25) is 0 Å². The van der Waals surface area contributed by atoms with Gasteiger partial charge in [0.25, 0.3) is 0 Å². The third-order valence-electron chi connectivity index (χ3n) is 3.42. The maximum atomic E-state index is 3.69. The van der Waals surface area contributed by atoms with E-state index in [0.29, 0.717) is 12.1 Å². The highest BCUT2D eigenvalue weighted by atomic mass is 32.1. The van der Waals surface area contributed by atoms with Crippen LogP contribution >= 0.6 is 11.3 Å². The van der Waals surface area contributed by atoms with Crippen LogP contribution in [-0.2, 0) is 0 Å². The molecule has 1 aliphatic rings. The van der Waals surface area contributed by atoms with Crippen LogP contribution < -0.4 is 5.32 Å². The Morgan fingerprint density at radius 3 is 2.80 bits per heavy atom. The van der Waals surface area contributed by atoms with Crippen molar-refractivity contribution in [2.24, 2.45) is 5.92 Å². The summed E-state index contributed by atoms with van der Waals surface area (Å²) in [7, 11) is 0. The van der Waals surface area contributed by atoms with Gasteiger partial charge in [0.15, 0.2) is 0 Å². The van der Waals surface area contributed by atoms with Crippen LogP contribution in [0.25, 0.3) is 0 Å². The Hall–Kier alpha value is -0.340. The van der Waals surface area contributed by atoms with Crippen LogP contribution in [0.2, 0.25) is 0 Å². The quantitative estimate of drug-likeness (QED) is 0.796. The van der Waals surface area contributed by atoms with Gasteiger partial charge in [-0.2, -0.15) is 0 Å². The first kappa shape index (κ1) is 11.2. The molecular weight excluding hydrogens is 202 g/mol. The first-order chi connectivity index (χ1) is 7.25. The molecule has 1 saturated carbocycles. The minimum atomic E-state index is 0.514. The molecule has 0 amide bonds. The lowest BCUT2D eigenvalue weighted by molar-refractivity contribution is 0.260. The first-order valence-electron chi connectivity index (χ1n) is 6.05. The van der Waals surface area contributed by atoms with Crippen molar-refractivity contribution in [1.29, 1.82) is 0 Å². The molecule has 0 spiro atoms. The summed E-state index contributed by atoms with van der Waals surface area (Å²) in [5.41, 5.74) is 0. The maximum Gasteiger partial charge on any atom is 0.0388 e. The average molecular weight is 223 g/mol. The summed E-state index contributed by atoms with van der Waals surface area (Å²) in [5, 5.41) is 5.85. The molecule has 15 heavy (non-hydrogen) atoms. The van der Waals surface area contributed by atoms with E-state index in [0.717, 1.165) is 5.92 Å². The predicted octanol–water partition coefficient (Wildman–Crippen LogP) is 3.98. The Balaban J connectivity index is 1.75. The van der Waals surface area contributed by atoms with Crippen LogP contribution in [0.4, 0.5) is 0 Å². The van der Waals surface area contributed by atoms with Crippen molar-refractivity contribution >= 4 is 11.3 Å². The molecule has 1 N–H and O–H groups in total. The van der Waals surface area contributed by atoms with Gasteiger partial charge in [-0.05, 0) is 37.6 Å². The van der Waals surface area contributed by atoms with Crippen LogP contribution in [0.15, 0.2) is 17.5 Å². The molecule has 1 aromatic rings. The molecule has 1 fully saturated rings. The third-order valence-corrected chi connectivity index (χ3v) is 4.47. The molecule has 1 heterocycles. The zero-order valence-electron chi connectivity index (χ0n) is 9.70. The summed E-state index contributed by atoms with van der Waals surface area (Å²) >= 11 is 1.85. The van der Waals surface area contributed by atoms with Gasteiger partial charge in [-0.1, -0.05) is 25.3 Å². The summed E-state index contributed by atoms with van der Waals surface area (Å²) in [6, 6.07) is 5.53. The molecular formula is C13H21NS. The lowest BCUT2D eigenvalue weighted by Gasteiger charge is -2.29. The monoisotopic (exact) mass is 223 g/mol. The number of hydrogen-bond donors (Lipinski definition) is 1. The van der Waals surface area contributed by atoms with Crippen molar-refractivity contribution in [3.8, 4) is 0 Å². The topological polar surface area (TPSA) is 12.0 Å². The van der Waals surface area contributed by atoms with Crippen LogP contribution in [0, 0.1) is 5.92 Å². The molecule has 1 unspecified atom stereocenters. The van der Waals surface area contributed by atoms with Gasteiger partial charge in [-0.3, -0.25) is 0 Å². The largest absolute Gasteiger partial charge is 0.307 e. The van der Waals surface area contributed by atoms with Crippen molar-refractivity contribution < 1.29 is 0 Å². The van der Waals surface area contributed by atoms with E-state index in [4.69, 9.17) is 0 Å². The first-order valence-corrected chi connectivity index (χ1v) is 6.93. The molecule has 2 atom stereocenters. The zero-order valence-corrected chi connectivity index (χ0v) is 10.5. The summed E-state index contributed by atoms with van der Waals surface area (Å²) in [6.07, 6.45) is 5.73. The Kier molecular flexibility index (Phi) is 3.81. The Morgan fingerprint density at radius 2 is 2.27 bits per heavy atom. The highest BCUT2D eigenvalue weighted by Gasteiger charge is 2.20. The molecule has 0 bridgehead atoms. The molecule has 0 aromatic carbocycles. The van der Waals surface area contributed by atoms with Gasteiger partial charge in [-0.25, -0.2) is 0 Å². The van der Waals surface area contributed by atoms with Gasteiger partial charge in [0, 0.05) is 17.0 Å². The fraction of sp³-hybridized carbons (Fsp3) is 0.692. The third kappa shape index (κ3) is 3.05. The highest BCUT2D eigenvalue weighted by Crippen LogP contribution is 2.31. The van der Waals surface area contributed by atoms with Crippen molar-refractivity contribution in [2.75, 3.05) is 0 Å². The number of rotatable bonds is 5. The second-order valence-corrected chi connectivity index (χ2v) is 5.82. The van der Waals surface area contributed by atoms with E-state index in [-0.39, 0.29) is 0 Å². The van der Waals surface area contributed by atoms with Gasteiger partial charge >= 0.3 is 0 Å². The van der Waals surface area contributed by atoms with E-state index in [2.05, 4.69) is 36.7 Å². The van der Waals surface area contributed by atoms with E-state index in [1.165, 1.54) is 30.6 Å². The second-order valence-electron chi connectivity index (χ2n) is 4.84. The minimum Gasteiger partial charge on any atom is -0.307 e. The summed E-state index contributed by atoms with van der Waals surface area (Å²) in [4.78, 5) is 1.45. The summed E-state index contributed by atoms with van der Waals surface area (Å²) in [6.45, 7) is 4.59. The zero-order chi connectivity index (χ0) is 10.7. The molecule has 84 valence electrons. The van der Waals surface area contributed by atoms with Gasteiger partial charge in [-0.15, -0.1) is 11.3 Å². The van der Waals surface area contributed by atoms with E-state index < -0.39 is 0 Å². The van der Waals surface area contributed by atoms with Gasteiger partial charge < -0.3 is 5.32 Å². The molecule has 2 rings (SSSR count). The molecule has 1 nitrogen and oxygen atoms in total. The summed E-state index contributed by atoms with van der Waals surface area (Å²) < 4.78 is 0. The van der Waals surface area contributed by atoms with Crippen molar-refractivity contribution in [2.45, 2.75) is 51.6 Å². The van der Waals surface area contributed by atoms with Gasteiger partial charge in [0.05, 0.1) is 0 Å². The van der Waals surface area contributed by atoms with Crippen LogP contribution in [0.5, 0.6) is 0 Å². The molecule has 1 aromatic heterocycles. The van der Waals surface area contributed by atoms with E-state index in [1.807, 2.05) is 11.3 Å². The molecule has 0 aliphatic heterocycles. The van der Waals surface area contributed by atoms with E-state index in [9.17, 15) is 0 Å². The second kappa shape index (κ2) is 5.13. The highest BCUT2D eigenvalue weighted by molar-refractivity contribution is 7.10. The number of thiophene rings is 1. The standard InChI is InChI=1S/C13H21NS/c1-10(9-12-5-3-6-12)14-11(2)13-7-4-8-15-13/h4,7-8,10-12,14H,3,5-6,9H2,1-2H3/t10?,11-/m0/s1. The van der Waals surface area contributed by atoms with Crippen molar-refractivity contribution in [3.05, 3.63) is 22.4 Å². The van der Waals surface area contributed by atoms with Crippen molar-refractivity contribution in [1.82, 2.24) is 5.32 Å². The Morgan fingerprint density at radius 1 is 1.47 bits per heavy atom. The molecule has 1 aliphatic carbocycles. The molecule has 0 radical (unpaired) electrons. The van der Waals surface area contributed by atoms with Crippen LogP contribution in [0.3, 0.4) is 0 Å². The Labute approximate surface area is 96.9 Å². The predicted molar refractivity (Wildman–Crippen MR) is 67.3 cm³/mol. The SMILES string of the molecule is CC(CC1CCC1)N[C@@H](C)c1cccs1. The smallest absolute Gasteiger partial charge is 0.0388 e. The fourth-order valence-corrected chi connectivity index (χ4v) is 3.09. The number of nitrogens with one attached hydrogen (secondary N) is 1. The maximum absolute atomic E-state index is 3.69. The van der Waals surface area contributed by atoms with Crippen LogP contribution in [0.1, 0.15) is 50.4 Å². The Bertz CT molecular complexity index is 277. The molecule has 2 heteroatoms. The molecule has 0 saturated heterocycles. The lowest BCUT2D eigenvalue weighted by atomic mass is 9.81. The van der Waals surface area contributed by atoms with Crippen molar-refractivity contribution in [3.63, 3.8) is 0 Å². The summed E-state index contributed by atoms with van der Waals surface area (Å²) in [5.74, 6) is 1.00. The van der Waals surface area contributed by atoms with E-state index in [1.54, 1.807) is 0 Å². The van der Waals surface area contributed by atoms with Crippen LogP contribution in [-0.4, -0.2) is 6.04 Å². The fourth-order valence-electron chi connectivity index (χ4n) is 2.34. The number of hydrogen-bond acceptors (Lipinski definition) is 2.